The Hall–Kier alpha value is -1.96. The van der Waals surface area contributed by atoms with Crippen molar-refractivity contribution in [3.63, 3.8) is 0 Å². The summed E-state index contributed by atoms with van der Waals surface area (Å²) in [4.78, 5) is 18.2. The molecule has 1 aromatic carbocycles. The Labute approximate surface area is 147 Å². The highest BCUT2D eigenvalue weighted by molar-refractivity contribution is 9.10. The highest BCUT2D eigenvalue weighted by Crippen LogP contribution is 2.27. The summed E-state index contributed by atoms with van der Waals surface area (Å²) in [6, 6.07) is 4.47. The number of rotatable bonds is 4. The highest BCUT2D eigenvalue weighted by Gasteiger charge is 2.27. The van der Waals surface area contributed by atoms with Crippen LogP contribution in [-0.2, 0) is 4.79 Å². The summed E-state index contributed by atoms with van der Waals surface area (Å²) in [5, 5.41) is 3.80. The predicted octanol–water partition coefficient (Wildman–Crippen LogP) is 3.06. The van der Waals surface area contributed by atoms with E-state index in [-0.39, 0.29) is 24.2 Å². The van der Waals surface area contributed by atoms with Crippen LogP contribution in [0.3, 0.4) is 0 Å². The van der Waals surface area contributed by atoms with Crippen molar-refractivity contribution in [1.82, 2.24) is 15.0 Å². The average Bonchev–Trinajstić information content (AvgIpc) is 3.00. The van der Waals surface area contributed by atoms with Crippen LogP contribution >= 0.6 is 15.9 Å². The van der Waals surface area contributed by atoms with Crippen LogP contribution in [0, 0.1) is 12.7 Å². The summed E-state index contributed by atoms with van der Waals surface area (Å²) in [5.41, 5.74) is 0. The quantitative estimate of drug-likeness (QED) is 0.792. The molecule has 0 radical (unpaired) electrons. The van der Waals surface area contributed by atoms with Crippen molar-refractivity contribution in [2.75, 3.05) is 19.7 Å². The fourth-order valence-electron chi connectivity index (χ4n) is 2.68. The first kappa shape index (κ1) is 16.9. The number of likely N-dealkylation sites (tertiary alicyclic amines) is 1. The molecule has 1 aliphatic heterocycles. The lowest BCUT2D eigenvalue weighted by Crippen LogP contribution is -2.40. The highest BCUT2D eigenvalue weighted by atomic mass is 79.9. The lowest BCUT2D eigenvalue weighted by molar-refractivity contribution is -0.134. The first-order valence-electron chi connectivity index (χ1n) is 7.69. The number of aromatic nitrogens is 2. The lowest BCUT2D eigenvalue weighted by atomic mass is 9.97. The second-order valence-electron chi connectivity index (χ2n) is 5.70. The van der Waals surface area contributed by atoms with Crippen LogP contribution in [0.25, 0.3) is 0 Å². The van der Waals surface area contributed by atoms with Gasteiger partial charge in [-0.25, -0.2) is 4.39 Å². The maximum absolute atomic E-state index is 13.7. The molecule has 2 heterocycles. The number of carbonyl (C=O) groups is 1. The van der Waals surface area contributed by atoms with Crippen molar-refractivity contribution >= 4 is 21.8 Å². The average molecular weight is 398 g/mol. The van der Waals surface area contributed by atoms with Gasteiger partial charge in [0.05, 0.1) is 0 Å². The Morgan fingerprint density at radius 3 is 2.83 bits per heavy atom. The zero-order valence-electron chi connectivity index (χ0n) is 13.2. The molecule has 128 valence electrons. The van der Waals surface area contributed by atoms with Gasteiger partial charge in [-0.3, -0.25) is 4.79 Å². The number of hydrogen-bond acceptors (Lipinski definition) is 5. The number of hydrogen-bond donors (Lipinski definition) is 0. The second-order valence-corrected chi connectivity index (χ2v) is 6.61. The van der Waals surface area contributed by atoms with E-state index in [1.54, 1.807) is 17.9 Å². The van der Waals surface area contributed by atoms with Gasteiger partial charge in [0.25, 0.3) is 5.91 Å². The van der Waals surface area contributed by atoms with Gasteiger partial charge in [-0.1, -0.05) is 21.1 Å². The van der Waals surface area contributed by atoms with Crippen molar-refractivity contribution < 1.29 is 18.4 Å². The Morgan fingerprint density at radius 1 is 1.46 bits per heavy atom. The third kappa shape index (κ3) is 3.92. The monoisotopic (exact) mass is 397 g/mol. The van der Waals surface area contributed by atoms with E-state index in [1.807, 2.05) is 0 Å². The van der Waals surface area contributed by atoms with E-state index in [0.29, 0.717) is 29.3 Å². The molecule has 8 heteroatoms. The minimum absolute atomic E-state index is 0.0720. The minimum Gasteiger partial charge on any atom is -0.481 e. The van der Waals surface area contributed by atoms with Gasteiger partial charge >= 0.3 is 0 Å². The molecule has 0 bridgehead atoms. The number of benzene rings is 1. The third-order valence-electron chi connectivity index (χ3n) is 3.99. The van der Waals surface area contributed by atoms with Gasteiger partial charge in [-0.2, -0.15) is 4.98 Å². The van der Waals surface area contributed by atoms with Crippen LogP contribution in [-0.4, -0.2) is 40.6 Å². The Kier molecular flexibility index (Phi) is 5.13. The summed E-state index contributed by atoms with van der Waals surface area (Å²) in [5.74, 6) is 0.851. The number of carbonyl (C=O) groups excluding carboxylic acids is 1. The van der Waals surface area contributed by atoms with Crippen molar-refractivity contribution in [1.29, 1.82) is 0 Å². The van der Waals surface area contributed by atoms with Crippen molar-refractivity contribution in [2.45, 2.75) is 25.7 Å². The van der Waals surface area contributed by atoms with Crippen LogP contribution in [0.15, 0.2) is 27.2 Å². The number of amides is 1. The summed E-state index contributed by atoms with van der Waals surface area (Å²) in [6.07, 6.45) is 1.53. The molecule has 1 amide bonds. The predicted molar refractivity (Wildman–Crippen MR) is 87.2 cm³/mol. The molecule has 24 heavy (non-hydrogen) atoms. The number of piperidine rings is 1. The topological polar surface area (TPSA) is 68.5 Å². The molecule has 1 fully saturated rings. The summed E-state index contributed by atoms with van der Waals surface area (Å²) >= 11 is 3.18. The fraction of sp³-hybridized carbons (Fsp3) is 0.438. The molecular formula is C16H17BrFN3O3. The second kappa shape index (κ2) is 7.29. The molecule has 6 nitrogen and oxygen atoms in total. The van der Waals surface area contributed by atoms with Crippen LogP contribution in [0.4, 0.5) is 4.39 Å². The van der Waals surface area contributed by atoms with Gasteiger partial charge in [0.1, 0.15) is 0 Å². The summed E-state index contributed by atoms with van der Waals surface area (Å²) in [6.45, 7) is 2.79. The van der Waals surface area contributed by atoms with Crippen molar-refractivity contribution in [3.05, 3.63) is 40.2 Å². The van der Waals surface area contributed by atoms with E-state index < -0.39 is 5.82 Å². The molecule has 2 aromatic rings. The van der Waals surface area contributed by atoms with E-state index in [1.165, 1.54) is 12.1 Å². The first-order chi connectivity index (χ1) is 11.5. The molecule has 0 saturated carbocycles. The van der Waals surface area contributed by atoms with Crippen LogP contribution in [0.2, 0.25) is 0 Å². The smallest absolute Gasteiger partial charge is 0.260 e. The minimum atomic E-state index is -0.498. The Balaban J connectivity index is 1.50. The van der Waals surface area contributed by atoms with E-state index in [0.717, 1.165) is 12.8 Å². The molecule has 0 aliphatic carbocycles. The molecule has 1 aromatic heterocycles. The maximum atomic E-state index is 13.7. The van der Waals surface area contributed by atoms with Gasteiger partial charge in [-0.15, -0.1) is 0 Å². The molecule has 1 aliphatic rings. The van der Waals surface area contributed by atoms with Gasteiger partial charge < -0.3 is 14.2 Å². The number of aryl methyl sites for hydroxylation is 1. The van der Waals surface area contributed by atoms with Gasteiger partial charge in [0.2, 0.25) is 5.89 Å². The maximum Gasteiger partial charge on any atom is 0.260 e. The largest absolute Gasteiger partial charge is 0.481 e. The summed E-state index contributed by atoms with van der Waals surface area (Å²) in [7, 11) is 0. The van der Waals surface area contributed by atoms with E-state index in [9.17, 15) is 9.18 Å². The molecule has 0 unspecified atom stereocenters. The molecule has 0 atom stereocenters. The standard InChI is InChI=1S/C16H17BrFN3O3/c1-10-19-16(24-20-10)11-4-6-21(7-5-11)15(22)9-23-14-3-2-12(17)8-13(14)18/h2-3,8,11H,4-7,9H2,1H3. The zero-order chi connectivity index (χ0) is 17.1. The lowest BCUT2D eigenvalue weighted by Gasteiger charge is -2.30. The Bertz CT molecular complexity index is 729. The normalized spacial score (nSPS) is 15.5. The molecular weight excluding hydrogens is 381 g/mol. The van der Waals surface area contributed by atoms with Gasteiger partial charge in [0, 0.05) is 23.5 Å². The van der Waals surface area contributed by atoms with E-state index in [4.69, 9.17) is 9.26 Å². The number of halogens is 2. The fourth-order valence-corrected chi connectivity index (χ4v) is 3.01. The van der Waals surface area contributed by atoms with Crippen molar-refractivity contribution in [3.8, 4) is 5.75 Å². The zero-order valence-corrected chi connectivity index (χ0v) is 14.8. The van der Waals surface area contributed by atoms with Crippen LogP contribution in [0.1, 0.15) is 30.5 Å². The molecule has 0 N–H and O–H groups in total. The molecule has 0 spiro atoms. The van der Waals surface area contributed by atoms with Gasteiger partial charge in [-0.05, 0) is 38.0 Å². The van der Waals surface area contributed by atoms with Crippen LogP contribution in [0.5, 0.6) is 5.75 Å². The van der Waals surface area contributed by atoms with E-state index in [2.05, 4.69) is 26.1 Å². The third-order valence-corrected chi connectivity index (χ3v) is 4.48. The number of ether oxygens (including phenoxy) is 1. The van der Waals surface area contributed by atoms with Crippen LogP contribution < -0.4 is 4.74 Å². The van der Waals surface area contributed by atoms with Gasteiger partial charge in [0.15, 0.2) is 24.0 Å². The molecule has 3 rings (SSSR count). The van der Waals surface area contributed by atoms with Crippen molar-refractivity contribution in [2.24, 2.45) is 0 Å². The first-order valence-corrected chi connectivity index (χ1v) is 8.48. The number of nitrogens with zero attached hydrogens (tertiary/aromatic N) is 3. The van der Waals surface area contributed by atoms with E-state index >= 15 is 0 Å². The molecule has 1 saturated heterocycles. The Morgan fingerprint density at radius 2 is 2.21 bits per heavy atom. The summed E-state index contributed by atoms with van der Waals surface area (Å²) < 4.78 is 24.8. The SMILES string of the molecule is Cc1noc(C2CCN(C(=O)COc3ccc(Br)cc3F)CC2)n1.